The van der Waals surface area contributed by atoms with Gasteiger partial charge in [0.1, 0.15) is 18.1 Å². The second-order valence-corrected chi connectivity index (χ2v) is 8.13. The molecule has 0 spiro atoms. The van der Waals surface area contributed by atoms with E-state index in [-0.39, 0.29) is 16.5 Å². The normalized spacial score (nSPS) is 10.9. The molecule has 0 aromatic heterocycles. The highest BCUT2D eigenvalue weighted by Crippen LogP contribution is 2.28. The van der Waals surface area contributed by atoms with Crippen molar-refractivity contribution in [3.8, 4) is 11.5 Å². The fourth-order valence-electron chi connectivity index (χ4n) is 2.72. The minimum atomic E-state index is -3.86. The molecule has 2 N–H and O–H groups in total. The first-order valence-electron chi connectivity index (χ1n) is 9.12. The maximum absolute atomic E-state index is 12.7. The third-order valence-electron chi connectivity index (χ3n) is 4.15. The van der Waals surface area contributed by atoms with E-state index in [9.17, 15) is 13.2 Å². The van der Waals surface area contributed by atoms with E-state index in [1.807, 2.05) is 30.3 Å². The van der Waals surface area contributed by atoms with E-state index in [1.54, 1.807) is 24.3 Å². The maximum atomic E-state index is 12.7. The Hall–Kier alpha value is -3.52. The van der Waals surface area contributed by atoms with Crippen LogP contribution in [0.5, 0.6) is 11.5 Å². The average Bonchev–Trinajstić information content (AvgIpc) is 2.73. The molecular weight excluding hydrogens is 404 g/mol. The van der Waals surface area contributed by atoms with Crippen LogP contribution < -0.4 is 19.5 Å². The third-order valence-corrected chi connectivity index (χ3v) is 5.53. The topological polar surface area (TPSA) is 93.7 Å². The summed E-state index contributed by atoms with van der Waals surface area (Å²) in [5.41, 5.74) is 1.70. The van der Waals surface area contributed by atoms with Gasteiger partial charge in [-0.05, 0) is 48.0 Å². The molecule has 0 aliphatic carbocycles. The summed E-state index contributed by atoms with van der Waals surface area (Å²) in [4.78, 5) is 11.4. The molecule has 0 aliphatic heterocycles. The molecule has 0 aliphatic rings. The molecule has 0 saturated heterocycles. The quantitative estimate of drug-likeness (QED) is 0.567. The number of benzene rings is 3. The molecule has 0 fully saturated rings. The van der Waals surface area contributed by atoms with Crippen LogP contribution in [0.1, 0.15) is 12.5 Å². The molecule has 156 valence electrons. The minimum absolute atomic E-state index is 0.00328. The van der Waals surface area contributed by atoms with E-state index < -0.39 is 10.0 Å². The lowest BCUT2D eigenvalue weighted by atomic mass is 10.2. The molecule has 3 aromatic carbocycles. The van der Waals surface area contributed by atoms with E-state index in [1.165, 1.54) is 32.2 Å². The number of carbonyl (C=O) groups excluding carboxylic acids is 1. The van der Waals surface area contributed by atoms with Crippen molar-refractivity contribution in [3.63, 3.8) is 0 Å². The van der Waals surface area contributed by atoms with Crippen LogP contribution in [-0.2, 0) is 21.4 Å². The van der Waals surface area contributed by atoms with Crippen LogP contribution >= 0.6 is 0 Å². The minimum Gasteiger partial charge on any atom is -0.495 e. The third kappa shape index (κ3) is 5.51. The van der Waals surface area contributed by atoms with Gasteiger partial charge in [0.2, 0.25) is 5.91 Å². The molecule has 0 atom stereocenters. The Morgan fingerprint density at radius 1 is 0.967 bits per heavy atom. The predicted molar refractivity (Wildman–Crippen MR) is 115 cm³/mol. The summed E-state index contributed by atoms with van der Waals surface area (Å²) in [7, 11) is -2.42. The Labute approximate surface area is 175 Å². The monoisotopic (exact) mass is 426 g/mol. The van der Waals surface area contributed by atoms with Crippen LogP contribution in [0, 0.1) is 0 Å². The smallest absolute Gasteiger partial charge is 0.261 e. The molecule has 7 nitrogen and oxygen atoms in total. The van der Waals surface area contributed by atoms with Gasteiger partial charge in [0.05, 0.1) is 17.7 Å². The fourth-order valence-corrected chi connectivity index (χ4v) is 3.80. The highest BCUT2D eigenvalue weighted by Gasteiger charge is 2.17. The molecular formula is C22H22N2O5S. The molecule has 0 unspecified atom stereocenters. The summed E-state index contributed by atoms with van der Waals surface area (Å²) in [6.07, 6.45) is 0. The number of hydrogen-bond acceptors (Lipinski definition) is 5. The summed E-state index contributed by atoms with van der Waals surface area (Å²) in [5.74, 6) is 0.658. The first kappa shape index (κ1) is 21.2. The van der Waals surface area contributed by atoms with Gasteiger partial charge in [-0.15, -0.1) is 0 Å². The van der Waals surface area contributed by atoms with E-state index in [4.69, 9.17) is 9.47 Å². The van der Waals surface area contributed by atoms with Crippen LogP contribution in [0.15, 0.2) is 77.7 Å². The number of nitrogens with one attached hydrogen (secondary N) is 2. The second kappa shape index (κ2) is 9.32. The highest BCUT2D eigenvalue weighted by molar-refractivity contribution is 7.92. The number of carbonyl (C=O) groups is 1. The lowest BCUT2D eigenvalue weighted by Gasteiger charge is -2.13. The van der Waals surface area contributed by atoms with Gasteiger partial charge in [-0.2, -0.15) is 0 Å². The van der Waals surface area contributed by atoms with Gasteiger partial charge in [-0.3, -0.25) is 9.52 Å². The predicted octanol–water partition coefficient (Wildman–Crippen LogP) is 4.03. The zero-order valence-corrected chi connectivity index (χ0v) is 17.4. The summed E-state index contributed by atoms with van der Waals surface area (Å²) in [6.45, 7) is 1.75. The van der Waals surface area contributed by atoms with Crippen molar-refractivity contribution < 1.29 is 22.7 Å². The van der Waals surface area contributed by atoms with Crippen LogP contribution in [0.4, 0.5) is 11.4 Å². The van der Waals surface area contributed by atoms with Crippen LogP contribution in [0.25, 0.3) is 0 Å². The Morgan fingerprint density at radius 3 is 2.30 bits per heavy atom. The Balaban J connectivity index is 1.71. The molecule has 0 bridgehead atoms. The first-order valence-corrected chi connectivity index (χ1v) is 10.6. The maximum Gasteiger partial charge on any atom is 0.261 e. The van der Waals surface area contributed by atoms with E-state index in [0.29, 0.717) is 23.8 Å². The van der Waals surface area contributed by atoms with Crippen LogP contribution in [0.2, 0.25) is 0 Å². The number of amides is 1. The van der Waals surface area contributed by atoms with Gasteiger partial charge in [-0.1, -0.05) is 30.3 Å². The van der Waals surface area contributed by atoms with Crippen molar-refractivity contribution in [2.45, 2.75) is 18.4 Å². The van der Waals surface area contributed by atoms with Gasteiger partial charge >= 0.3 is 0 Å². The van der Waals surface area contributed by atoms with Crippen molar-refractivity contribution in [1.82, 2.24) is 0 Å². The number of anilines is 2. The van der Waals surface area contributed by atoms with Crippen molar-refractivity contribution in [2.75, 3.05) is 17.1 Å². The van der Waals surface area contributed by atoms with Gasteiger partial charge < -0.3 is 14.8 Å². The SMILES string of the molecule is COc1ccc(S(=O)(=O)Nc2ccc(OCc3ccccc3)cc2)cc1NC(C)=O. The number of rotatable bonds is 8. The lowest BCUT2D eigenvalue weighted by molar-refractivity contribution is -0.114. The molecule has 1 amide bonds. The summed E-state index contributed by atoms with van der Waals surface area (Å²) >= 11 is 0. The van der Waals surface area contributed by atoms with Crippen LogP contribution in [0.3, 0.4) is 0 Å². The fraction of sp³-hybridized carbons (Fsp3) is 0.136. The molecule has 0 radical (unpaired) electrons. The van der Waals surface area contributed by atoms with Gasteiger partial charge in [0.25, 0.3) is 10.0 Å². The van der Waals surface area contributed by atoms with Crippen LogP contribution in [-0.4, -0.2) is 21.4 Å². The molecule has 0 saturated carbocycles. The Kier molecular flexibility index (Phi) is 6.58. The molecule has 3 rings (SSSR count). The molecule has 3 aromatic rings. The Bertz CT molecular complexity index is 1110. The molecule has 30 heavy (non-hydrogen) atoms. The lowest BCUT2D eigenvalue weighted by Crippen LogP contribution is -2.14. The number of sulfonamides is 1. The zero-order chi connectivity index (χ0) is 21.6. The average molecular weight is 426 g/mol. The summed E-state index contributed by atoms with van der Waals surface area (Å²) in [5, 5.41) is 2.56. The van der Waals surface area contributed by atoms with Crippen molar-refractivity contribution in [3.05, 3.63) is 78.4 Å². The van der Waals surface area contributed by atoms with Crippen molar-refractivity contribution in [1.29, 1.82) is 0 Å². The van der Waals surface area contributed by atoms with Crippen molar-refractivity contribution in [2.24, 2.45) is 0 Å². The highest BCUT2D eigenvalue weighted by atomic mass is 32.2. The second-order valence-electron chi connectivity index (χ2n) is 6.45. The number of hydrogen-bond donors (Lipinski definition) is 2. The van der Waals surface area contributed by atoms with Gasteiger partial charge in [0.15, 0.2) is 0 Å². The van der Waals surface area contributed by atoms with E-state index in [0.717, 1.165) is 5.56 Å². The van der Waals surface area contributed by atoms with E-state index >= 15 is 0 Å². The zero-order valence-electron chi connectivity index (χ0n) is 16.6. The summed E-state index contributed by atoms with van der Waals surface area (Å²) < 4.78 is 38.9. The number of ether oxygens (including phenoxy) is 2. The van der Waals surface area contributed by atoms with Crippen molar-refractivity contribution >= 4 is 27.3 Å². The standard InChI is InChI=1S/C22H22N2O5S/c1-16(25)23-21-14-20(12-13-22(21)28-2)30(26,27)24-18-8-10-19(11-9-18)29-15-17-6-4-3-5-7-17/h3-14,24H,15H2,1-2H3,(H,23,25). The molecule has 0 heterocycles. The molecule has 8 heteroatoms. The largest absolute Gasteiger partial charge is 0.495 e. The van der Waals surface area contributed by atoms with Gasteiger partial charge in [-0.25, -0.2) is 8.42 Å². The van der Waals surface area contributed by atoms with E-state index in [2.05, 4.69) is 10.0 Å². The first-order chi connectivity index (χ1) is 14.4. The summed E-state index contributed by atoms with van der Waals surface area (Å²) in [6, 6.07) is 20.6. The van der Waals surface area contributed by atoms with Gasteiger partial charge in [0, 0.05) is 12.6 Å². The number of methoxy groups -OCH3 is 1. The Morgan fingerprint density at radius 2 is 1.67 bits per heavy atom.